The molecule has 0 bridgehead atoms. The van der Waals surface area contributed by atoms with E-state index in [1.54, 1.807) is 24.3 Å². The van der Waals surface area contributed by atoms with Crippen LogP contribution in [0.1, 0.15) is 29.8 Å². The van der Waals surface area contributed by atoms with Crippen LogP contribution in [0.5, 0.6) is 11.5 Å². The normalized spacial score (nSPS) is 10.7. The van der Waals surface area contributed by atoms with E-state index in [0.29, 0.717) is 30.3 Å². The van der Waals surface area contributed by atoms with E-state index in [-0.39, 0.29) is 5.78 Å². The van der Waals surface area contributed by atoms with E-state index in [2.05, 4.69) is 0 Å². The molecule has 0 aromatic heterocycles. The molecule has 0 fully saturated rings. The highest BCUT2D eigenvalue weighted by atomic mass is 16.5. The number of anilines is 1. The van der Waals surface area contributed by atoms with Crippen LogP contribution >= 0.6 is 0 Å². The summed E-state index contributed by atoms with van der Waals surface area (Å²) in [7, 11) is 3.99. The molecule has 0 amide bonds. The number of rotatable bonds is 8. The van der Waals surface area contributed by atoms with E-state index in [0.717, 1.165) is 11.3 Å². The number of allylic oxidation sites excluding steroid dienone is 1. The highest BCUT2D eigenvalue weighted by Crippen LogP contribution is 2.29. The van der Waals surface area contributed by atoms with E-state index in [9.17, 15) is 4.79 Å². The Morgan fingerprint density at radius 1 is 0.960 bits per heavy atom. The number of carbonyl (C=O) groups excluding carboxylic acids is 1. The number of ketones is 1. The smallest absolute Gasteiger partial charge is 0.185 e. The van der Waals surface area contributed by atoms with Gasteiger partial charge < -0.3 is 14.4 Å². The van der Waals surface area contributed by atoms with Gasteiger partial charge in [0.05, 0.1) is 13.2 Å². The van der Waals surface area contributed by atoms with Crippen molar-refractivity contribution in [2.75, 3.05) is 32.2 Å². The number of ether oxygens (including phenoxy) is 2. The molecule has 25 heavy (non-hydrogen) atoms. The summed E-state index contributed by atoms with van der Waals surface area (Å²) in [5.41, 5.74) is 2.68. The average Bonchev–Trinajstić information content (AvgIpc) is 2.62. The second kappa shape index (κ2) is 8.92. The minimum atomic E-state index is -0.0688. The minimum Gasteiger partial charge on any atom is -0.490 e. The van der Waals surface area contributed by atoms with Gasteiger partial charge in [-0.15, -0.1) is 0 Å². The lowest BCUT2D eigenvalue weighted by Gasteiger charge is -2.12. The quantitative estimate of drug-likeness (QED) is 0.526. The fraction of sp³-hybridized carbons (Fsp3) is 0.286. The summed E-state index contributed by atoms with van der Waals surface area (Å²) < 4.78 is 11.1. The topological polar surface area (TPSA) is 38.8 Å². The maximum atomic E-state index is 12.4. The van der Waals surface area contributed by atoms with Crippen molar-refractivity contribution in [1.29, 1.82) is 0 Å². The lowest BCUT2D eigenvalue weighted by atomic mass is 10.1. The predicted molar refractivity (Wildman–Crippen MR) is 103 cm³/mol. The summed E-state index contributed by atoms with van der Waals surface area (Å²) in [5.74, 6) is 1.18. The van der Waals surface area contributed by atoms with Gasteiger partial charge in [0.25, 0.3) is 0 Å². The minimum absolute atomic E-state index is 0.0688. The largest absolute Gasteiger partial charge is 0.490 e. The average molecular weight is 339 g/mol. The molecule has 0 aliphatic carbocycles. The fourth-order valence-corrected chi connectivity index (χ4v) is 2.36. The molecule has 0 unspecified atom stereocenters. The lowest BCUT2D eigenvalue weighted by Crippen LogP contribution is -2.07. The van der Waals surface area contributed by atoms with Crippen molar-refractivity contribution < 1.29 is 14.3 Å². The van der Waals surface area contributed by atoms with Gasteiger partial charge in [0, 0.05) is 25.3 Å². The van der Waals surface area contributed by atoms with E-state index in [1.807, 2.05) is 63.2 Å². The van der Waals surface area contributed by atoms with Gasteiger partial charge in [0.2, 0.25) is 0 Å². The van der Waals surface area contributed by atoms with E-state index in [1.165, 1.54) is 0 Å². The van der Waals surface area contributed by atoms with Gasteiger partial charge in [-0.2, -0.15) is 0 Å². The Morgan fingerprint density at radius 3 is 2.20 bits per heavy atom. The number of nitrogens with zero attached hydrogens (tertiary/aromatic N) is 1. The van der Waals surface area contributed by atoms with Crippen LogP contribution in [0.15, 0.2) is 48.5 Å². The zero-order valence-corrected chi connectivity index (χ0v) is 15.3. The Hall–Kier alpha value is -2.75. The summed E-state index contributed by atoms with van der Waals surface area (Å²) in [5, 5.41) is 0. The van der Waals surface area contributed by atoms with Crippen LogP contribution in [0.3, 0.4) is 0 Å². The van der Waals surface area contributed by atoms with Crippen molar-refractivity contribution in [2.24, 2.45) is 0 Å². The first-order chi connectivity index (χ1) is 12.0. The third-order valence-electron chi connectivity index (χ3n) is 3.66. The monoisotopic (exact) mass is 339 g/mol. The number of carbonyl (C=O) groups is 1. The van der Waals surface area contributed by atoms with Crippen LogP contribution in [0.2, 0.25) is 0 Å². The zero-order chi connectivity index (χ0) is 18.2. The molecule has 0 saturated heterocycles. The molecule has 0 N–H and O–H groups in total. The van der Waals surface area contributed by atoms with Crippen LogP contribution in [0, 0.1) is 0 Å². The second-order valence-corrected chi connectivity index (χ2v) is 5.71. The van der Waals surface area contributed by atoms with Crippen molar-refractivity contribution in [1.82, 2.24) is 0 Å². The first kappa shape index (κ1) is 18.6. The molecule has 2 aromatic carbocycles. The van der Waals surface area contributed by atoms with Crippen molar-refractivity contribution >= 4 is 17.5 Å². The molecular formula is C21H25NO3. The number of hydrogen-bond acceptors (Lipinski definition) is 4. The first-order valence-electron chi connectivity index (χ1n) is 8.44. The molecule has 0 aliphatic heterocycles. The van der Waals surface area contributed by atoms with E-state index < -0.39 is 0 Å². The molecule has 0 radical (unpaired) electrons. The molecule has 0 atom stereocenters. The van der Waals surface area contributed by atoms with Crippen molar-refractivity contribution in [3.8, 4) is 11.5 Å². The van der Waals surface area contributed by atoms with Gasteiger partial charge >= 0.3 is 0 Å². The van der Waals surface area contributed by atoms with Crippen LogP contribution in [0.4, 0.5) is 5.69 Å². The number of hydrogen-bond donors (Lipinski definition) is 0. The third kappa shape index (κ3) is 5.11. The van der Waals surface area contributed by atoms with Crippen molar-refractivity contribution in [2.45, 2.75) is 13.8 Å². The summed E-state index contributed by atoms with van der Waals surface area (Å²) >= 11 is 0. The van der Waals surface area contributed by atoms with Gasteiger partial charge in [0.15, 0.2) is 17.3 Å². The van der Waals surface area contributed by atoms with Crippen LogP contribution in [-0.2, 0) is 0 Å². The second-order valence-electron chi connectivity index (χ2n) is 5.71. The first-order valence-corrected chi connectivity index (χ1v) is 8.44. The maximum Gasteiger partial charge on any atom is 0.185 e. The highest BCUT2D eigenvalue weighted by Gasteiger charge is 2.09. The lowest BCUT2D eigenvalue weighted by molar-refractivity contribution is 0.104. The van der Waals surface area contributed by atoms with Gasteiger partial charge in [-0.3, -0.25) is 4.79 Å². The molecule has 0 aliphatic rings. The van der Waals surface area contributed by atoms with Gasteiger partial charge in [-0.1, -0.05) is 18.2 Å². The SMILES string of the molecule is CCOc1ccc(C(=O)C=Cc2ccc(N(C)C)cc2)cc1OCC. The molecule has 4 heteroatoms. The van der Waals surface area contributed by atoms with Crippen LogP contribution < -0.4 is 14.4 Å². The Balaban J connectivity index is 2.15. The summed E-state index contributed by atoms with van der Waals surface area (Å²) in [6.07, 6.45) is 3.40. The maximum absolute atomic E-state index is 12.4. The van der Waals surface area contributed by atoms with Gasteiger partial charge in [-0.25, -0.2) is 0 Å². The fourth-order valence-electron chi connectivity index (χ4n) is 2.36. The highest BCUT2D eigenvalue weighted by molar-refractivity contribution is 6.07. The van der Waals surface area contributed by atoms with Crippen LogP contribution in [-0.4, -0.2) is 33.1 Å². The molecule has 4 nitrogen and oxygen atoms in total. The van der Waals surface area contributed by atoms with E-state index >= 15 is 0 Å². The van der Waals surface area contributed by atoms with Gasteiger partial charge in [0.1, 0.15) is 0 Å². The predicted octanol–water partition coefficient (Wildman–Crippen LogP) is 4.45. The Labute approximate surface area is 149 Å². The van der Waals surface area contributed by atoms with Crippen LogP contribution in [0.25, 0.3) is 6.08 Å². The van der Waals surface area contributed by atoms with Crippen molar-refractivity contribution in [3.05, 3.63) is 59.7 Å². The standard InChI is InChI=1S/C21H25NO3/c1-5-24-20-14-10-17(15-21(20)25-6-2)19(23)13-9-16-7-11-18(12-8-16)22(3)4/h7-15H,5-6H2,1-4H3. The molecule has 2 aromatic rings. The summed E-state index contributed by atoms with van der Waals surface area (Å²) in [6.45, 7) is 4.89. The Bertz CT molecular complexity index is 733. The summed E-state index contributed by atoms with van der Waals surface area (Å²) in [6, 6.07) is 13.3. The molecule has 132 valence electrons. The zero-order valence-electron chi connectivity index (χ0n) is 15.3. The molecule has 0 heterocycles. The Morgan fingerprint density at radius 2 is 1.60 bits per heavy atom. The third-order valence-corrected chi connectivity index (χ3v) is 3.66. The molecule has 0 saturated carbocycles. The number of benzene rings is 2. The summed E-state index contributed by atoms with van der Waals surface area (Å²) in [4.78, 5) is 14.5. The van der Waals surface area contributed by atoms with Gasteiger partial charge in [-0.05, 0) is 55.8 Å². The Kier molecular flexibility index (Phi) is 6.63. The van der Waals surface area contributed by atoms with Crippen molar-refractivity contribution in [3.63, 3.8) is 0 Å². The molecular weight excluding hydrogens is 314 g/mol. The molecule has 0 spiro atoms. The molecule has 2 rings (SSSR count). The van der Waals surface area contributed by atoms with E-state index in [4.69, 9.17) is 9.47 Å².